The smallest absolute Gasteiger partial charge is 0.231 e. The van der Waals surface area contributed by atoms with Gasteiger partial charge in [0.25, 0.3) is 0 Å². The van der Waals surface area contributed by atoms with Gasteiger partial charge in [0.1, 0.15) is 0 Å². The predicted molar refractivity (Wildman–Crippen MR) is 139 cm³/mol. The maximum atomic E-state index is 6.47. The molecule has 7 nitrogen and oxygen atoms in total. The molecule has 0 radical (unpaired) electrons. The van der Waals surface area contributed by atoms with Gasteiger partial charge in [0.15, 0.2) is 17.5 Å². The van der Waals surface area contributed by atoms with E-state index in [1.54, 1.807) is 11.8 Å². The lowest BCUT2D eigenvalue weighted by molar-refractivity contribution is 0.172. The van der Waals surface area contributed by atoms with Crippen LogP contribution in [0.2, 0.25) is 0 Å². The van der Waals surface area contributed by atoms with Gasteiger partial charge in [0, 0.05) is 43.7 Å². The standard InChI is InChI=1S/C26H35N5O2S/c1-34-25-9-5-4-8-22(25)29-26(28-21-7-3-2-6-20(21)27)31-14-12-30(13-15-31)17-19-10-11-23-24(16-19)33-18-32-23/h4-5,8-11,16,20-21H,2-3,6-7,12-15,17-18,27H2,1H3,(H,28,29)/t20-,21-/m0/s1. The number of para-hydroxylation sites is 1. The molecule has 34 heavy (non-hydrogen) atoms. The van der Waals surface area contributed by atoms with Crippen LogP contribution in [0.3, 0.4) is 0 Å². The number of aliphatic imine (C=N–C) groups is 1. The second-order valence-corrected chi connectivity index (χ2v) is 10.1. The Bertz CT molecular complexity index is 1010. The van der Waals surface area contributed by atoms with Crippen molar-refractivity contribution in [2.24, 2.45) is 10.7 Å². The molecule has 0 amide bonds. The Hall–Kier alpha value is -2.42. The highest BCUT2D eigenvalue weighted by atomic mass is 32.2. The monoisotopic (exact) mass is 481 g/mol. The van der Waals surface area contributed by atoms with Gasteiger partial charge in [-0.05, 0) is 48.9 Å². The van der Waals surface area contributed by atoms with Gasteiger partial charge in [-0.2, -0.15) is 0 Å². The minimum Gasteiger partial charge on any atom is -0.454 e. The normalized spacial score (nSPS) is 23.2. The highest BCUT2D eigenvalue weighted by Crippen LogP contribution is 2.33. The predicted octanol–water partition coefficient (Wildman–Crippen LogP) is 3.99. The first-order valence-corrected chi connectivity index (χ1v) is 13.5. The third-order valence-electron chi connectivity index (χ3n) is 6.94. The molecule has 182 valence electrons. The molecule has 2 atom stereocenters. The molecular weight excluding hydrogens is 446 g/mol. The molecule has 2 fully saturated rings. The van der Waals surface area contributed by atoms with Crippen molar-refractivity contribution in [2.75, 3.05) is 44.5 Å². The summed E-state index contributed by atoms with van der Waals surface area (Å²) in [5.41, 5.74) is 8.84. The number of nitrogens with zero attached hydrogens (tertiary/aromatic N) is 3. The molecule has 2 aliphatic heterocycles. The molecule has 2 aromatic rings. The van der Waals surface area contributed by atoms with E-state index >= 15 is 0 Å². The van der Waals surface area contributed by atoms with Crippen LogP contribution in [0, 0.1) is 0 Å². The van der Waals surface area contributed by atoms with E-state index in [-0.39, 0.29) is 12.1 Å². The molecule has 3 N–H and O–H groups in total. The molecular formula is C26H35N5O2S. The van der Waals surface area contributed by atoms with Crippen LogP contribution in [-0.4, -0.2) is 67.1 Å². The van der Waals surface area contributed by atoms with Gasteiger partial charge in [-0.1, -0.05) is 31.0 Å². The van der Waals surface area contributed by atoms with Gasteiger partial charge in [0.2, 0.25) is 6.79 Å². The first-order chi connectivity index (χ1) is 16.7. The Morgan fingerprint density at radius 1 is 1.06 bits per heavy atom. The van der Waals surface area contributed by atoms with Gasteiger partial charge in [0.05, 0.1) is 11.7 Å². The quantitative estimate of drug-likeness (QED) is 0.380. The fraction of sp³-hybridized carbons (Fsp3) is 0.500. The molecule has 2 heterocycles. The molecule has 2 aromatic carbocycles. The van der Waals surface area contributed by atoms with Gasteiger partial charge < -0.3 is 25.4 Å². The maximum Gasteiger partial charge on any atom is 0.231 e. The van der Waals surface area contributed by atoms with Gasteiger partial charge >= 0.3 is 0 Å². The summed E-state index contributed by atoms with van der Waals surface area (Å²) in [6.45, 7) is 5.05. The number of fused-ring (bicyclic) bond motifs is 1. The third kappa shape index (κ3) is 5.45. The molecule has 3 aliphatic rings. The summed E-state index contributed by atoms with van der Waals surface area (Å²) in [6.07, 6.45) is 6.67. The number of nitrogens with one attached hydrogen (secondary N) is 1. The van der Waals surface area contributed by atoms with Crippen molar-refractivity contribution in [3.63, 3.8) is 0 Å². The molecule has 5 rings (SSSR count). The van der Waals surface area contributed by atoms with Crippen LogP contribution in [0.25, 0.3) is 0 Å². The lowest BCUT2D eigenvalue weighted by atomic mass is 9.91. The fourth-order valence-corrected chi connectivity index (χ4v) is 5.49. The van der Waals surface area contributed by atoms with E-state index in [0.29, 0.717) is 6.79 Å². The largest absolute Gasteiger partial charge is 0.454 e. The summed E-state index contributed by atoms with van der Waals surface area (Å²) in [7, 11) is 0. The van der Waals surface area contributed by atoms with Crippen molar-refractivity contribution in [2.45, 2.75) is 49.2 Å². The Balaban J connectivity index is 1.28. The van der Waals surface area contributed by atoms with Gasteiger partial charge in [-0.3, -0.25) is 4.90 Å². The van der Waals surface area contributed by atoms with Crippen LogP contribution in [0.15, 0.2) is 52.4 Å². The zero-order chi connectivity index (χ0) is 23.3. The van der Waals surface area contributed by atoms with Crippen LogP contribution in [0.1, 0.15) is 31.2 Å². The van der Waals surface area contributed by atoms with Gasteiger partial charge in [-0.25, -0.2) is 4.99 Å². The number of nitrogens with two attached hydrogens (primary N) is 1. The summed E-state index contributed by atoms with van der Waals surface area (Å²) >= 11 is 1.75. The molecule has 0 spiro atoms. The Kier molecular flexibility index (Phi) is 7.47. The number of anilines is 1. The number of guanidine groups is 1. The Morgan fingerprint density at radius 2 is 1.85 bits per heavy atom. The Morgan fingerprint density at radius 3 is 2.68 bits per heavy atom. The number of hydrogen-bond donors (Lipinski definition) is 2. The first kappa shape index (κ1) is 23.3. The van der Waals surface area contributed by atoms with Crippen molar-refractivity contribution in [3.8, 4) is 11.5 Å². The molecule has 8 heteroatoms. The van der Waals surface area contributed by atoms with Crippen molar-refractivity contribution in [1.29, 1.82) is 0 Å². The second kappa shape index (κ2) is 10.9. The number of piperazine rings is 1. The minimum atomic E-state index is 0.147. The van der Waals surface area contributed by atoms with Crippen molar-refractivity contribution in [3.05, 3.63) is 48.0 Å². The topological polar surface area (TPSA) is 75.4 Å². The van der Waals surface area contributed by atoms with Gasteiger partial charge in [-0.15, -0.1) is 11.8 Å². The minimum absolute atomic E-state index is 0.147. The van der Waals surface area contributed by atoms with E-state index in [1.807, 2.05) is 6.07 Å². The van der Waals surface area contributed by atoms with Crippen molar-refractivity contribution < 1.29 is 9.47 Å². The van der Waals surface area contributed by atoms with Crippen molar-refractivity contribution in [1.82, 2.24) is 9.80 Å². The first-order valence-electron chi connectivity index (χ1n) is 12.3. The number of rotatable bonds is 5. The SMILES string of the molecule is CSc1ccccc1NC(=N[C@H]1CCCC[C@@H]1N)N1CCN(Cc2ccc3c(c2)OCO3)CC1. The van der Waals surface area contributed by atoms with Crippen molar-refractivity contribution >= 4 is 23.4 Å². The maximum absolute atomic E-state index is 6.47. The number of ether oxygens (including phenoxy) is 2. The molecule has 1 saturated carbocycles. The van der Waals surface area contributed by atoms with Crippen LogP contribution < -0.4 is 20.5 Å². The highest BCUT2D eigenvalue weighted by molar-refractivity contribution is 7.98. The summed E-state index contributed by atoms with van der Waals surface area (Å²) in [5, 5.41) is 3.68. The zero-order valence-electron chi connectivity index (χ0n) is 19.9. The van der Waals surface area contributed by atoms with E-state index < -0.39 is 0 Å². The number of thioether (sulfide) groups is 1. The summed E-state index contributed by atoms with van der Waals surface area (Å²) in [5.74, 6) is 2.66. The van der Waals surface area contributed by atoms with E-state index in [0.717, 1.165) is 68.7 Å². The lowest BCUT2D eigenvalue weighted by Gasteiger charge is -2.38. The lowest BCUT2D eigenvalue weighted by Crippen LogP contribution is -2.51. The fourth-order valence-electron chi connectivity index (χ4n) is 4.93. The van der Waals surface area contributed by atoms with E-state index in [2.05, 4.69) is 57.8 Å². The van der Waals surface area contributed by atoms with Crippen LogP contribution in [-0.2, 0) is 6.54 Å². The average Bonchev–Trinajstić information content (AvgIpc) is 3.34. The molecule has 0 bridgehead atoms. The van der Waals surface area contributed by atoms with Crippen LogP contribution >= 0.6 is 11.8 Å². The molecule has 0 aromatic heterocycles. The van der Waals surface area contributed by atoms with E-state index in [4.69, 9.17) is 20.2 Å². The second-order valence-electron chi connectivity index (χ2n) is 9.24. The molecule has 1 aliphatic carbocycles. The molecule has 0 unspecified atom stereocenters. The molecule has 1 saturated heterocycles. The number of benzene rings is 2. The summed E-state index contributed by atoms with van der Waals surface area (Å²) in [4.78, 5) is 11.3. The number of hydrogen-bond acceptors (Lipinski definition) is 6. The Labute approximate surface area is 206 Å². The summed E-state index contributed by atoms with van der Waals surface area (Å²) in [6, 6.07) is 15.0. The average molecular weight is 482 g/mol. The third-order valence-corrected chi connectivity index (χ3v) is 7.73. The highest BCUT2D eigenvalue weighted by Gasteiger charge is 2.26. The van der Waals surface area contributed by atoms with E-state index in [9.17, 15) is 0 Å². The summed E-state index contributed by atoms with van der Waals surface area (Å²) < 4.78 is 11.0. The van der Waals surface area contributed by atoms with E-state index in [1.165, 1.54) is 23.3 Å². The van der Waals surface area contributed by atoms with Crippen LogP contribution in [0.4, 0.5) is 5.69 Å². The van der Waals surface area contributed by atoms with Crippen LogP contribution in [0.5, 0.6) is 11.5 Å². The zero-order valence-corrected chi connectivity index (χ0v) is 20.7.